The lowest BCUT2D eigenvalue weighted by Gasteiger charge is -2.17. The lowest BCUT2D eigenvalue weighted by atomic mass is 10.0. The van der Waals surface area contributed by atoms with Gasteiger partial charge in [-0.2, -0.15) is 0 Å². The van der Waals surface area contributed by atoms with Crippen molar-refractivity contribution in [3.8, 4) is 0 Å². The van der Waals surface area contributed by atoms with E-state index in [1.165, 1.54) is 11.9 Å². The van der Waals surface area contributed by atoms with E-state index in [1.54, 1.807) is 6.26 Å². The van der Waals surface area contributed by atoms with Gasteiger partial charge in [0.15, 0.2) is 0 Å². The van der Waals surface area contributed by atoms with Crippen LogP contribution in [0.2, 0.25) is 0 Å². The molecule has 4 heteroatoms. The topological polar surface area (TPSA) is 51.0 Å². The summed E-state index contributed by atoms with van der Waals surface area (Å²) in [5, 5.41) is 3.48. The maximum atomic E-state index is 5.54. The molecule has 0 aliphatic heterocycles. The van der Waals surface area contributed by atoms with E-state index in [0.29, 0.717) is 6.54 Å². The third-order valence-corrected chi connectivity index (χ3v) is 3.08. The molecule has 1 unspecified atom stereocenters. The van der Waals surface area contributed by atoms with Crippen LogP contribution in [0.25, 0.3) is 0 Å². The largest absolute Gasteiger partial charge is 0.467 e. The highest BCUT2D eigenvalue weighted by Gasteiger charge is 2.15. The number of rotatable bonds is 5. The van der Waals surface area contributed by atoms with E-state index in [1.807, 2.05) is 42.7 Å². The molecule has 0 saturated heterocycles. The van der Waals surface area contributed by atoms with Gasteiger partial charge in [-0.05, 0) is 17.7 Å². The average molecular weight is 265 g/mol. The third kappa shape index (κ3) is 2.92. The number of nitrogens with one attached hydrogen (secondary N) is 1. The van der Waals surface area contributed by atoms with E-state index in [2.05, 4.69) is 27.4 Å². The Morgan fingerprint density at radius 3 is 2.50 bits per heavy atom. The van der Waals surface area contributed by atoms with Crippen molar-refractivity contribution >= 4 is 0 Å². The summed E-state index contributed by atoms with van der Waals surface area (Å²) in [6, 6.07) is 14.1. The van der Waals surface area contributed by atoms with Crippen molar-refractivity contribution in [2.24, 2.45) is 0 Å². The lowest BCUT2D eigenvalue weighted by Crippen LogP contribution is -2.21. The number of aromatic nitrogens is 2. The fourth-order valence-corrected chi connectivity index (χ4v) is 2.12. The Bertz CT molecular complexity index is 623. The summed E-state index contributed by atoms with van der Waals surface area (Å²) in [6.45, 7) is 0.682. The third-order valence-electron chi connectivity index (χ3n) is 3.08. The van der Waals surface area contributed by atoms with Crippen LogP contribution in [0, 0.1) is 0 Å². The first-order valence-electron chi connectivity index (χ1n) is 6.49. The molecular formula is C16H15N3O. The first kappa shape index (κ1) is 12.6. The Morgan fingerprint density at radius 2 is 1.80 bits per heavy atom. The Hall–Kier alpha value is -2.46. The molecule has 4 nitrogen and oxygen atoms in total. The number of nitrogens with zero attached hydrogens (tertiary/aromatic N) is 2. The molecule has 20 heavy (non-hydrogen) atoms. The van der Waals surface area contributed by atoms with Crippen molar-refractivity contribution in [3.05, 3.63) is 84.3 Å². The molecule has 1 atom stereocenters. The van der Waals surface area contributed by atoms with E-state index >= 15 is 0 Å². The van der Waals surface area contributed by atoms with Crippen LogP contribution in [-0.4, -0.2) is 9.97 Å². The molecule has 0 amide bonds. The molecule has 2 heterocycles. The monoisotopic (exact) mass is 265 g/mol. The maximum Gasteiger partial charge on any atom is 0.125 e. The van der Waals surface area contributed by atoms with Crippen LogP contribution in [0.4, 0.5) is 0 Å². The van der Waals surface area contributed by atoms with Gasteiger partial charge < -0.3 is 4.42 Å². The van der Waals surface area contributed by atoms with Crippen molar-refractivity contribution < 1.29 is 4.42 Å². The number of hydrogen-bond acceptors (Lipinski definition) is 4. The zero-order valence-corrected chi connectivity index (χ0v) is 10.9. The Labute approximate surface area is 117 Å². The minimum atomic E-state index is 0.0198. The molecule has 0 spiro atoms. The summed E-state index contributed by atoms with van der Waals surface area (Å²) in [4.78, 5) is 8.05. The number of benzene rings is 1. The average Bonchev–Trinajstić information content (AvgIpc) is 3.04. The van der Waals surface area contributed by atoms with E-state index in [4.69, 9.17) is 4.42 Å². The molecule has 0 aliphatic carbocycles. The maximum absolute atomic E-state index is 5.54. The van der Waals surface area contributed by atoms with E-state index < -0.39 is 0 Å². The summed E-state index contributed by atoms with van der Waals surface area (Å²) in [5.41, 5.74) is 2.21. The van der Waals surface area contributed by atoms with Gasteiger partial charge in [0.1, 0.15) is 12.1 Å². The molecule has 3 aromatic rings. The summed E-state index contributed by atoms with van der Waals surface area (Å²) < 4.78 is 5.54. The molecule has 3 rings (SSSR count). The van der Waals surface area contributed by atoms with Crippen LogP contribution in [0.15, 0.2) is 71.9 Å². The molecule has 1 aromatic carbocycles. The van der Waals surface area contributed by atoms with Crippen molar-refractivity contribution in [3.63, 3.8) is 0 Å². The van der Waals surface area contributed by atoms with Crippen LogP contribution in [0.3, 0.4) is 0 Å². The Kier molecular flexibility index (Phi) is 3.85. The predicted octanol–water partition coefficient (Wildman–Crippen LogP) is 2.95. The smallest absolute Gasteiger partial charge is 0.125 e. The van der Waals surface area contributed by atoms with Crippen LogP contribution in [0.5, 0.6) is 0 Å². The van der Waals surface area contributed by atoms with Crippen molar-refractivity contribution in [1.29, 1.82) is 0 Å². The van der Waals surface area contributed by atoms with Gasteiger partial charge in [-0.3, -0.25) is 5.32 Å². The number of furan rings is 1. The second kappa shape index (κ2) is 6.12. The van der Waals surface area contributed by atoms with Crippen molar-refractivity contribution in [2.75, 3.05) is 0 Å². The second-order valence-corrected chi connectivity index (χ2v) is 4.49. The summed E-state index contributed by atoms with van der Waals surface area (Å²) in [5.74, 6) is 0.896. The highest BCUT2D eigenvalue weighted by molar-refractivity contribution is 5.26. The Morgan fingerprint density at radius 1 is 1.00 bits per heavy atom. The first-order valence-corrected chi connectivity index (χ1v) is 6.49. The highest BCUT2D eigenvalue weighted by atomic mass is 16.3. The summed E-state index contributed by atoms with van der Waals surface area (Å²) in [7, 11) is 0. The van der Waals surface area contributed by atoms with Gasteiger partial charge in [-0.1, -0.05) is 30.3 Å². The fourth-order valence-electron chi connectivity index (χ4n) is 2.12. The molecular weight excluding hydrogens is 250 g/mol. The van der Waals surface area contributed by atoms with Crippen LogP contribution in [-0.2, 0) is 6.54 Å². The minimum Gasteiger partial charge on any atom is -0.467 e. The van der Waals surface area contributed by atoms with Crippen molar-refractivity contribution in [1.82, 2.24) is 15.3 Å². The van der Waals surface area contributed by atoms with Gasteiger partial charge in [-0.25, -0.2) is 9.97 Å². The van der Waals surface area contributed by atoms with Gasteiger partial charge in [0.2, 0.25) is 0 Å². The van der Waals surface area contributed by atoms with Crippen LogP contribution >= 0.6 is 0 Å². The molecule has 0 fully saturated rings. The minimum absolute atomic E-state index is 0.0198. The Balaban J connectivity index is 1.80. The highest BCUT2D eigenvalue weighted by Crippen LogP contribution is 2.22. The zero-order valence-electron chi connectivity index (χ0n) is 10.9. The standard InChI is InChI=1S/C16H15N3O/c1-2-5-14(6-3-1)16(15-7-4-8-20-15)19-11-13-9-17-12-18-10-13/h1-10,12,16,19H,11H2. The first-order chi connectivity index (χ1) is 9.93. The fraction of sp³-hybridized carbons (Fsp3) is 0.125. The van der Waals surface area contributed by atoms with Gasteiger partial charge in [-0.15, -0.1) is 0 Å². The second-order valence-electron chi connectivity index (χ2n) is 4.49. The van der Waals surface area contributed by atoms with E-state index in [-0.39, 0.29) is 6.04 Å². The molecule has 0 saturated carbocycles. The normalized spacial score (nSPS) is 12.2. The lowest BCUT2D eigenvalue weighted by molar-refractivity contribution is 0.445. The number of hydrogen-bond donors (Lipinski definition) is 1. The molecule has 2 aromatic heterocycles. The quantitative estimate of drug-likeness (QED) is 0.770. The summed E-state index contributed by atoms with van der Waals surface area (Å²) >= 11 is 0. The van der Waals surface area contributed by atoms with Gasteiger partial charge in [0.05, 0.1) is 12.3 Å². The molecule has 0 aliphatic rings. The van der Waals surface area contributed by atoms with Gasteiger partial charge in [0, 0.05) is 24.5 Å². The van der Waals surface area contributed by atoms with E-state index in [0.717, 1.165) is 11.3 Å². The molecule has 0 radical (unpaired) electrons. The van der Waals surface area contributed by atoms with Crippen LogP contribution < -0.4 is 5.32 Å². The van der Waals surface area contributed by atoms with Crippen molar-refractivity contribution in [2.45, 2.75) is 12.6 Å². The zero-order chi connectivity index (χ0) is 13.6. The molecule has 0 bridgehead atoms. The molecule has 100 valence electrons. The van der Waals surface area contributed by atoms with Crippen LogP contribution in [0.1, 0.15) is 22.9 Å². The summed E-state index contributed by atoms with van der Waals surface area (Å²) in [6.07, 6.45) is 6.84. The van der Waals surface area contributed by atoms with E-state index in [9.17, 15) is 0 Å². The van der Waals surface area contributed by atoms with Gasteiger partial charge >= 0.3 is 0 Å². The molecule has 1 N–H and O–H groups in total. The van der Waals surface area contributed by atoms with Gasteiger partial charge in [0.25, 0.3) is 0 Å². The predicted molar refractivity (Wildman–Crippen MR) is 75.9 cm³/mol. The SMILES string of the molecule is c1ccc(C(NCc2cncnc2)c2ccco2)cc1.